The summed E-state index contributed by atoms with van der Waals surface area (Å²) in [6.07, 6.45) is 0.776. The van der Waals surface area contributed by atoms with Crippen molar-refractivity contribution < 1.29 is 9.53 Å². The van der Waals surface area contributed by atoms with Crippen molar-refractivity contribution >= 4 is 17.2 Å². The van der Waals surface area contributed by atoms with Crippen LogP contribution in [0, 0.1) is 0 Å². The Morgan fingerprint density at radius 2 is 2.42 bits per heavy atom. The molecule has 0 spiro atoms. The van der Waals surface area contributed by atoms with Gasteiger partial charge in [0.15, 0.2) is 0 Å². The summed E-state index contributed by atoms with van der Waals surface area (Å²) in [5.41, 5.74) is 5.72. The van der Waals surface area contributed by atoms with Crippen molar-refractivity contribution in [1.29, 1.82) is 0 Å². The molecule has 1 amide bonds. The Kier molecular flexibility index (Phi) is 4.23. The molecule has 1 aromatic heterocycles. The number of hydrogen-bond acceptors (Lipinski definition) is 5. The van der Waals surface area contributed by atoms with E-state index in [9.17, 15) is 4.79 Å². The van der Waals surface area contributed by atoms with E-state index in [2.05, 4.69) is 4.98 Å². The summed E-state index contributed by atoms with van der Waals surface area (Å²) in [7, 11) is 0. The molecule has 0 aromatic carbocycles. The molecule has 0 radical (unpaired) electrons. The molecule has 0 aliphatic carbocycles. The van der Waals surface area contributed by atoms with E-state index < -0.39 is 0 Å². The Morgan fingerprint density at radius 3 is 3.05 bits per heavy atom. The number of ether oxygens (including phenoxy) is 1. The number of thiazole rings is 1. The summed E-state index contributed by atoms with van der Waals surface area (Å²) in [6.45, 7) is 7.77. The van der Waals surface area contributed by atoms with Crippen LogP contribution in [0.3, 0.4) is 0 Å². The van der Waals surface area contributed by atoms with Gasteiger partial charge in [0, 0.05) is 24.9 Å². The number of amides is 1. The van der Waals surface area contributed by atoms with Gasteiger partial charge >= 0.3 is 0 Å². The van der Waals surface area contributed by atoms with E-state index in [1.807, 2.05) is 31.1 Å². The highest BCUT2D eigenvalue weighted by molar-refractivity contribution is 7.09. The largest absolute Gasteiger partial charge is 0.369 e. The smallest absolute Gasteiger partial charge is 0.273 e. The molecule has 1 aliphatic rings. The lowest BCUT2D eigenvalue weighted by Gasteiger charge is -2.41. The SMILES string of the molecule is CC1CN(C(=O)c2csc(CCN)n2)CC(C)(C)O1. The van der Waals surface area contributed by atoms with Gasteiger partial charge in [0.2, 0.25) is 0 Å². The Balaban J connectivity index is 2.09. The summed E-state index contributed by atoms with van der Waals surface area (Å²) >= 11 is 1.50. The van der Waals surface area contributed by atoms with E-state index >= 15 is 0 Å². The van der Waals surface area contributed by atoms with Crippen molar-refractivity contribution in [2.45, 2.75) is 38.9 Å². The third-order valence-corrected chi connectivity index (χ3v) is 3.89. The van der Waals surface area contributed by atoms with Crippen LogP contribution < -0.4 is 5.73 Å². The first-order valence-electron chi connectivity index (χ1n) is 6.53. The van der Waals surface area contributed by atoms with Crippen molar-refractivity contribution in [1.82, 2.24) is 9.88 Å². The Labute approximate surface area is 117 Å². The zero-order valence-electron chi connectivity index (χ0n) is 11.7. The third-order valence-electron chi connectivity index (χ3n) is 2.99. The fraction of sp³-hybridized carbons (Fsp3) is 0.692. The van der Waals surface area contributed by atoms with Crippen LogP contribution in [0.5, 0.6) is 0 Å². The first kappa shape index (κ1) is 14.4. The number of aromatic nitrogens is 1. The number of rotatable bonds is 3. The summed E-state index contributed by atoms with van der Waals surface area (Å²) in [5, 5.41) is 2.74. The molecule has 5 nitrogen and oxygen atoms in total. The average Bonchev–Trinajstić information content (AvgIpc) is 2.74. The van der Waals surface area contributed by atoms with E-state index in [4.69, 9.17) is 10.5 Å². The second kappa shape index (κ2) is 5.56. The predicted molar refractivity (Wildman–Crippen MR) is 75.4 cm³/mol. The molecule has 1 aliphatic heterocycles. The minimum Gasteiger partial charge on any atom is -0.369 e. The first-order valence-corrected chi connectivity index (χ1v) is 7.41. The van der Waals surface area contributed by atoms with Gasteiger partial charge in [-0.3, -0.25) is 4.79 Å². The molecule has 1 saturated heterocycles. The predicted octanol–water partition coefficient (Wildman–Crippen LogP) is 1.28. The number of morpholine rings is 1. The quantitative estimate of drug-likeness (QED) is 0.907. The minimum atomic E-state index is -0.302. The Bertz CT molecular complexity index is 458. The van der Waals surface area contributed by atoms with Crippen LogP contribution in [0.4, 0.5) is 0 Å². The van der Waals surface area contributed by atoms with Crippen LogP contribution in [-0.4, -0.2) is 47.1 Å². The molecule has 1 atom stereocenters. The van der Waals surface area contributed by atoms with Gasteiger partial charge in [0.25, 0.3) is 5.91 Å². The molecular weight excluding hydrogens is 262 g/mol. The van der Waals surface area contributed by atoms with Gasteiger partial charge in [-0.05, 0) is 27.3 Å². The lowest BCUT2D eigenvalue weighted by Crippen LogP contribution is -2.53. The lowest BCUT2D eigenvalue weighted by atomic mass is 10.1. The van der Waals surface area contributed by atoms with Crippen molar-refractivity contribution in [2.24, 2.45) is 5.73 Å². The highest BCUT2D eigenvalue weighted by Gasteiger charge is 2.34. The fourth-order valence-corrected chi connectivity index (χ4v) is 3.21. The molecular formula is C13H21N3O2S. The van der Waals surface area contributed by atoms with Crippen LogP contribution in [0.1, 0.15) is 36.3 Å². The van der Waals surface area contributed by atoms with Gasteiger partial charge in [-0.15, -0.1) is 11.3 Å². The van der Waals surface area contributed by atoms with Crippen LogP contribution in [0.25, 0.3) is 0 Å². The van der Waals surface area contributed by atoms with E-state index in [0.717, 1.165) is 11.4 Å². The maximum atomic E-state index is 12.4. The molecule has 0 saturated carbocycles. The fourth-order valence-electron chi connectivity index (χ4n) is 2.42. The van der Waals surface area contributed by atoms with Crippen LogP contribution >= 0.6 is 11.3 Å². The first-order chi connectivity index (χ1) is 8.91. The van der Waals surface area contributed by atoms with Crippen molar-refractivity contribution in [3.05, 3.63) is 16.1 Å². The molecule has 19 heavy (non-hydrogen) atoms. The molecule has 1 aromatic rings. The second-order valence-electron chi connectivity index (χ2n) is 5.54. The monoisotopic (exact) mass is 283 g/mol. The van der Waals surface area contributed by atoms with Gasteiger partial charge in [0.1, 0.15) is 5.69 Å². The number of nitrogens with two attached hydrogens (primary N) is 1. The number of nitrogens with zero attached hydrogens (tertiary/aromatic N) is 2. The zero-order chi connectivity index (χ0) is 14.0. The minimum absolute atomic E-state index is 0.0113. The van der Waals surface area contributed by atoms with Gasteiger partial charge in [-0.2, -0.15) is 0 Å². The van der Waals surface area contributed by atoms with Gasteiger partial charge in [-0.1, -0.05) is 0 Å². The zero-order valence-corrected chi connectivity index (χ0v) is 12.5. The molecule has 1 unspecified atom stereocenters. The van der Waals surface area contributed by atoms with Gasteiger partial charge in [0.05, 0.1) is 16.7 Å². The summed E-state index contributed by atoms with van der Waals surface area (Å²) in [4.78, 5) is 18.6. The molecule has 6 heteroatoms. The highest BCUT2D eigenvalue weighted by atomic mass is 32.1. The van der Waals surface area contributed by atoms with E-state index in [0.29, 0.717) is 25.3 Å². The van der Waals surface area contributed by atoms with Crippen LogP contribution in [0.2, 0.25) is 0 Å². The van der Waals surface area contributed by atoms with Gasteiger partial charge < -0.3 is 15.4 Å². The molecule has 2 heterocycles. The van der Waals surface area contributed by atoms with E-state index in [1.54, 1.807) is 0 Å². The number of carbonyl (C=O) groups excluding carboxylic acids is 1. The maximum absolute atomic E-state index is 12.4. The molecule has 2 rings (SSSR count). The number of carbonyl (C=O) groups is 1. The topological polar surface area (TPSA) is 68.5 Å². The highest BCUT2D eigenvalue weighted by Crippen LogP contribution is 2.22. The summed E-state index contributed by atoms with van der Waals surface area (Å²) in [6, 6.07) is 0. The van der Waals surface area contributed by atoms with Crippen LogP contribution in [0.15, 0.2) is 5.38 Å². The van der Waals surface area contributed by atoms with Crippen molar-refractivity contribution in [3.63, 3.8) is 0 Å². The van der Waals surface area contributed by atoms with Gasteiger partial charge in [-0.25, -0.2) is 4.98 Å². The van der Waals surface area contributed by atoms with Crippen LogP contribution in [-0.2, 0) is 11.2 Å². The maximum Gasteiger partial charge on any atom is 0.273 e. The normalized spacial score (nSPS) is 22.5. The third kappa shape index (κ3) is 3.52. The standard InChI is InChI=1S/C13H21N3O2S/c1-9-6-16(8-13(2,3)18-9)12(17)10-7-19-11(15-10)4-5-14/h7,9H,4-6,8,14H2,1-3H3. The molecule has 0 bridgehead atoms. The Hall–Kier alpha value is -0.980. The second-order valence-corrected chi connectivity index (χ2v) is 6.48. The van der Waals surface area contributed by atoms with E-state index in [1.165, 1.54) is 11.3 Å². The summed E-state index contributed by atoms with van der Waals surface area (Å²) in [5.74, 6) is -0.0113. The summed E-state index contributed by atoms with van der Waals surface area (Å²) < 4.78 is 5.81. The Morgan fingerprint density at radius 1 is 1.68 bits per heavy atom. The number of hydrogen-bond donors (Lipinski definition) is 1. The van der Waals surface area contributed by atoms with Crippen molar-refractivity contribution in [2.75, 3.05) is 19.6 Å². The average molecular weight is 283 g/mol. The van der Waals surface area contributed by atoms with Crippen molar-refractivity contribution in [3.8, 4) is 0 Å². The molecule has 106 valence electrons. The van der Waals surface area contributed by atoms with E-state index in [-0.39, 0.29) is 17.6 Å². The molecule has 2 N–H and O–H groups in total. The molecule has 1 fully saturated rings. The lowest BCUT2D eigenvalue weighted by molar-refractivity contribution is -0.118.